The smallest absolute Gasteiger partial charge is 0.251 e. The molecule has 138 valence electrons. The topological polar surface area (TPSA) is 105 Å². The molecule has 8 heteroatoms. The van der Waals surface area contributed by atoms with E-state index in [0.717, 1.165) is 0 Å². The van der Waals surface area contributed by atoms with Crippen LogP contribution >= 0.6 is 0 Å². The molecule has 2 aromatic rings. The van der Waals surface area contributed by atoms with Gasteiger partial charge in [0.05, 0.1) is 25.0 Å². The normalized spacial score (nSPS) is 25.0. The molecule has 1 heterocycles. The molecule has 1 amide bonds. The van der Waals surface area contributed by atoms with Crippen LogP contribution in [-0.2, 0) is 0 Å². The Morgan fingerprint density at radius 1 is 1.23 bits per heavy atom. The number of carbonyl (C=O) groups excluding carboxylic acids is 1. The molecule has 1 saturated carbocycles. The van der Waals surface area contributed by atoms with Gasteiger partial charge in [-0.1, -0.05) is 0 Å². The number of carbonyl (C=O) groups is 1. The van der Waals surface area contributed by atoms with Gasteiger partial charge < -0.3 is 20.3 Å². The number of rotatable bonds is 6. The van der Waals surface area contributed by atoms with Crippen LogP contribution in [0, 0.1) is 11.2 Å². The Morgan fingerprint density at radius 3 is 2.54 bits per heavy atom. The monoisotopic (exact) mass is 361 g/mol. The third-order valence-electron chi connectivity index (χ3n) is 4.52. The molecule has 0 bridgehead atoms. The van der Waals surface area contributed by atoms with Gasteiger partial charge in [-0.05, 0) is 37.1 Å². The standard InChI is InChI=1S/C18H20FN3O4/c19-13-3-1-12(2-4-13)17(25)22-10-18(7-14(23)15(24)8-18)11-26-16-9-20-5-6-21-16/h1-6,9,14-15,23-24H,7-8,10-11H2,(H,22,25)/t14-,15+,18?. The summed E-state index contributed by atoms with van der Waals surface area (Å²) in [6.45, 7) is 0.348. The van der Waals surface area contributed by atoms with E-state index in [1.54, 1.807) is 0 Å². The van der Waals surface area contributed by atoms with Gasteiger partial charge in [-0.25, -0.2) is 9.37 Å². The van der Waals surface area contributed by atoms with Crippen molar-refractivity contribution >= 4 is 5.91 Å². The van der Waals surface area contributed by atoms with Crippen LogP contribution in [0.25, 0.3) is 0 Å². The van der Waals surface area contributed by atoms with E-state index < -0.39 is 23.4 Å². The lowest BCUT2D eigenvalue weighted by molar-refractivity contribution is 0.0438. The average molecular weight is 361 g/mol. The van der Waals surface area contributed by atoms with Gasteiger partial charge in [-0.3, -0.25) is 9.78 Å². The van der Waals surface area contributed by atoms with Crippen molar-refractivity contribution in [1.29, 1.82) is 0 Å². The Balaban J connectivity index is 1.66. The summed E-state index contributed by atoms with van der Waals surface area (Å²) in [5.41, 5.74) is -0.318. The zero-order valence-electron chi connectivity index (χ0n) is 14.0. The summed E-state index contributed by atoms with van der Waals surface area (Å²) in [6.07, 6.45) is 3.26. The van der Waals surface area contributed by atoms with Crippen molar-refractivity contribution in [3.8, 4) is 5.88 Å². The second-order valence-corrected chi connectivity index (χ2v) is 6.56. The summed E-state index contributed by atoms with van der Waals surface area (Å²) in [5.74, 6) is -0.454. The van der Waals surface area contributed by atoms with Gasteiger partial charge in [-0.2, -0.15) is 0 Å². The molecule has 1 aliphatic rings. The van der Waals surface area contributed by atoms with Crippen molar-refractivity contribution in [2.24, 2.45) is 5.41 Å². The molecular weight excluding hydrogens is 341 g/mol. The number of benzene rings is 1. The van der Waals surface area contributed by atoms with Gasteiger partial charge in [0.2, 0.25) is 5.88 Å². The minimum Gasteiger partial charge on any atom is -0.476 e. The first-order valence-electron chi connectivity index (χ1n) is 8.26. The third kappa shape index (κ3) is 4.33. The molecule has 1 unspecified atom stereocenters. The summed E-state index contributed by atoms with van der Waals surface area (Å²) < 4.78 is 18.6. The Bertz CT molecular complexity index is 732. The van der Waals surface area contributed by atoms with Crippen molar-refractivity contribution < 1.29 is 24.1 Å². The van der Waals surface area contributed by atoms with Gasteiger partial charge in [0.1, 0.15) is 5.82 Å². The highest BCUT2D eigenvalue weighted by Crippen LogP contribution is 2.38. The quantitative estimate of drug-likeness (QED) is 0.707. The number of nitrogens with zero attached hydrogens (tertiary/aromatic N) is 2. The molecule has 3 N–H and O–H groups in total. The largest absolute Gasteiger partial charge is 0.476 e. The van der Waals surface area contributed by atoms with Crippen molar-refractivity contribution in [3.05, 3.63) is 54.2 Å². The van der Waals surface area contributed by atoms with E-state index in [0.29, 0.717) is 11.4 Å². The van der Waals surface area contributed by atoms with Crippen molar-refractivity contribution in [1.82, 2.24) is 15.3 Å². The highest BCUT2D eigenvalue weighted by atomic mass is 19.1. The summed E-state index contributed by atoms with van der Waals surface area (Å²) in [5, 5.41) is 22.7. The lowest BCUT2D eigenvalue weighted by Gasteiger charge is -2.29. The van der Waals surface area contributed by atoms with Crippen molar-refractivity contribution in [3.63, 3.8) is 0 Å². The van der Waals surface area contributed by atoms with E-state index in [1.165, 1.54) is 42.9 Å². The first-order chi connectivity index (χ1) is 12.5. The predicted octanol–water partition coefficient (Wildman–Crippen LogP) is 0.926. The molecule has 3 atom stereocenters. The number of amides is 1. The van der Waals surface area contributed by atoms with Crippen LogP contribution in [0.15, 0.2) is 42.9 Å². The average Bonchev–Trinajstić information content (AvgIpc) is 2.94. The van der Waals surface area contributed by atoms with Crippen LogP contribution in [0.2, 0.25) is 0 Å². The lowest BCUT2D eigenvalue weighted by atomic mass is 9.86. The van der Waals surface area contributed by atoms with E-state index in [4.69, 9.17) is 4.74 Å². The molecule has 0 saturated heterocycles. The number of hydrogen-bond acceptors (Lipinski definition) is 6. The van der Waals surface area contributed by atoms with Gasteiger partial charge in [0.15, 0.2) is 0 Å². The van der Waals surface area contributed by atoms with Crippen LogP contribution in [0.1, 0.15) is 23.2 Å². The molecule has 1 aromatic carbocycles. The molecule has 3 rings (SSSR count). The highest BCUT2D eigenvalue weighted by molar-refractivity contribution is 5.94. The van der Waals surface area contributed by atoms with E-state index in [9.17, 15) is 19.4 Å². The lowest BCUT2D eigenvalue weighted by Crippen LogP contribution is -2.40. The number of ether oxygens (including phenoxy) is 1. The third-order valence-corrected chi connectivity index (χ3v) is 4.52. The zero-order chi connectivity index (χ0) is 18.6. The second-order valence-electron chi connectivity index (χ2n) is 6.56. The maximum atomic E-state index is 13.0. The van der Waals surface area contributed by atoms with E-state index >= 15 is 0 Å². The molecule has 7 nitrogen and oxygen atoms in total. The van der Waals surface area contributed by atoms with Crippen LogP contribution in [-0.4, -0.2) is 51.4 Å². The van der Waals surface area contributed by atoms with Crippen LogP contribution in [0.4, 0.5) is 4.39 Å². The number of hydrogen-bond donors (Lipinski definition) is 3. The van der Waals surface area contributed by atoms with E-state index in [-0.39, 0.29) is 31.9 Å². The van der Waals surface area contributed by atoms with Gasteiger partial charge >= 0.3 is 0 Å². The van der Waals surface area contributed by atoms with Gasteiger partial charge in [0, 0.05) is 29.9 Å². The molecule has 0 radical (unpaired) electrons. The summed E-state index contributed by atoms with van der Waals surface area (Å²) in [4.78, 5) is 20.2. The first-order valence-corrected chi connectivity index (χ1v) is 8.26. The number of aliphatic hydroxyl groups is 2. The molecule has 1 aliphatic carbocycles. The number of halogens is 1. The highest BCUT2D eigenvalue weighted by Gasteiger charge is 2.45. The number of nitrogens with one attached hydrogen (secondary N) is 1. The fourth-order valence-electron chi connectivity index (χ4n) is 3.11. The molecule has 0 spiro atoms. The zero-order valence-corrected chi connectivity index (χ0v) is 14.0. The van der Waals surface area contributed by atoms with Crippen LogP contribution in [0.3, 0.4) is 0 Å². The maximum absolute atomic E-state index is 13.0. The van der Waals surface area contributed by atoms with Crippen LogP contribution < -0.4 is 10.1 Å². The minimum atomic E-state index is -0.886. The maximum Gasteiger partial charge on any atom is 0.251 e. The van der Waals surface area contributed by atoms with E-state index in [1.807, 2.05) is 0 Å². The molecular formula is C18H20FN3O4. The molecule has 1 fully saturated rings. The molecule has 0 aliphatic heterocycles. The fourth-order valence-corrected chi connectivity index (χ4v) is 3.11. The Morgan fingerprint density at radius 2 is 1.92 bits per heavy atom. The SMILES string of the molecule is O=C(NCC1(COc2cnccn2)C[C@@H](O)[C@@H](O)C1)c1ccc(F)cc1. The van der Waals surface area contributed by atoms with Gasteiger partial charge in [0.25, 0.3) is 5.91 Å². The number of aliphatic hydroxyl groups excluding tert-OH is 2. The first kappa shape index (κ1) is 18.2. The van der Waals surface area contributed by atoms with E-state index in [2.05, 4.69) is 15.3 Å². The van der Waals surface area contributed by atoms with Crippen LogP contribution in [0.5, 0.6) is 5.88 Å². The summed E-state index contributed by atoms with van der Waals surface area (Å²) >= 11 is 0. The Hall–Kier alpha value is -2.58. The van der Waals surface area contributed by atoms with Crippen molar-refractivity contribution in [2.75, 3.05) is 13.2 Å². The molecule has 1 aromatic heterocycles. The Labute approximate surface area is 149 Å². The Kier molecular flexibility index (Phi) is 5.43. The fraction of sp³-hybridized carbons (Fsp3) is 0.389. The predicted molar refractivity (Wildman–Crippen MR) is 89.9 cm³/mol. The second kappa shape index (κ2) is 7.76. The minimum absolute atomic E-state index is 0.156. The van der Waals surface area contributed by atoms with Crippen molar-refractivity contribution in [2.45, 2.75) is 25.0 Å². The summed E-state index contributed by atoms with van der Waals surface area (Å²) in [7, 11) is 0. The molecule has 26 heavy (non-hydrogen) atoms. The number of aromatic nitrogens is 2. The summed E-state index contributed by atoms with van der Waals surface area (Å²) in [6, 6.07) is 5.22. The van der Waals surface area contributed by atoms with Gasteiger partial charge in [-0.15, -0.1) is 0 Å².